The minimum absolute atomic E-state index is 0.159. The van der Waals surface area contributed by atoms with Gasteiger partial charge in [0, 0.05) is 12.8 Å². The number of rotatable bonds is 3. The van der Waals surface area contributed by atoms with E-state index in [9.17, 15) is 0 Å². The van der Waals surface area contributed by atoms with Crippen molar-refractivity contribution >= 4 is 0 Å². The lowest BCUT2D eigenvalue weighted by Gasteiger charge is -2.58. The van der Waals surface area contributed by atoms with Crippen LogP contribution in [0.15, 0.2) is 0 Å². The van der Waals surface area contributed by atoms with E-state index < -0.39 is 5.79 Å². The molecule has 2 atom stereocenters. The van der Waals surface area contributed by atoms with Crippen LogP contribution in [0.2, 0.25) is 0 Å². The topological polar surface area (TPSA) is 27.7 Å². The maximum atomic E-state index is 6.57. The van der Waals surface area contributed by atoms with Crippen molar-refractivity contribution < 1.29 is 14.5 Å². The van der Waals surface area contributed by atoms with Crippen LogP contribution in [-0.2, 0) is 14.5 Å². The Balaban J connectivity index is 1.29. The van der Waals surface area contributed by atoms with Gasteiger partial charge in [-0.05, 0) is 94.3 Å². The fourth-order valence-electron chi connectivity index (χ4n) is 7.02. The maximum absolute atomic E-state index is 6.57. The number of fused-ring (bicyclic) bond motifs is 2. The van der Waals surface area contributed by atoms with Gasteiger partial charge in [-0.1, -0.05) is 0 Å². The molecule has 0 aromatic carbocycles. The number of hydrogen-bond donors (Lipinski definition) is 0. The standard InChI is InChI=1S/C20H32O3/c1-18(2)17-4-3-5-20(12-17,23-22-18)21-13-19-9-14-6-15(10-19)8-16(7-14)11-19/h14-17H,3-13H2,1-2H3. The highest BCUT2D eigenvalue weighted by Gasteiger charge is 2.54. The van der Waals surface area contributed by atoms with Gasteiger partial charge in [-0.3, -0.25) is 0 Å². The van der Waals surface area contributed by atoms with E-state index in [-0.39, 0.29) is 5.60 Å². The molecular weight excluding hydrogens is 288 g/mol. The van der Waals surface area contributed by atoms with Crippen molar-refractivity contribution in [1.29, 1.82) is 0 Å². The van der Waals surface area contributed by atoms with E-state index in [2.05, 4.69) is 13.8 Å². The minimum Gasteiger partial charge on any atom is -0.347 e. The molecule has 6 aliphatic rings. The highest BCUT2D eigenvalue weighted by molar-refractivity contribution is 5.02. The molecule has 5 aliphatic carbocycles. The highest BCUT2D eigenvalue weighted by Crippen LogP contribution is 2.60. The third-order valence-electron chi connectivity index (χ3n) is 7.87. The lowest BCUT2D eigenvalue weighted by molar-refractivity contribution is -0.508. The molecule has 0 aromatic rings. The summed E-state index contributed by atoms with van der Waals surface area (Å²) in [7, 11) is 0. The van der Waals surface area contributed by atoms with Gasteiger partial charge >= 0.3 is 0 Å². The molecule has 6 bridgehead atoms. The quantitative estimate of drug-likeness (QED) is 0.696. The molecule has 0 N–H and O–H groups in total. The van der Waals surface area contributed by atoms with Crippen molar-refractivity contribution in [3.05, 3.63) is 0 Å². The Morgan fingerprint density at radius 1 is 0.913 bits per heavy atom. The summed E-state index contributed by atoms with van der Waals surface area (Å²) >= 11 is 0. The SMILES string of the molecule is CC1(C)OOC2(OCC34CC5CC(CC(C5)C3)C4)CCCC1C2. The monoisotopic (exact) mass is 320 g/mol. The van der Waals surface area contributed by atoms with E-state index in [1.165, 1.54) is 51.4 Å². The molecule has 6 rings (SSSR count). The van der Waals surface area contributed by atoms with Gasteiger partial charge in [0.25, 0.3) is 0 Å². The number of ether oxygens (including phenoxy) is 1. The molecule has 0 amide bonds. The molecule has 1 saturated heterocycles. The summed E-state index contributed by atoms with van der Waals surface area (Å²) in [6.45, 7) is 5.23. The molecule has 5 saturated carbocycles. The Hall–Kier alpha value is -0.120. The van der Waals surface area contributed by atoms with E-state index in [1.807, 2.05) is 0 Å². The molecule has 0 radical (unpaired) electrons. The van der Waals surface area contributed by atoms with Gasteiger partial charge in [0.2, 0.25) is 5.79 Å². The second kappa shape index (κ2) is 4.95. The molecule has 3 nitrogen and oxygen atoms in total. The Morgan fingerprint density at radius 2 is 1.57 bits per heavy atom. The van der Waals surface area contributed by atoms with Crippen molar-refractivity contribution in [2.24, 2.45) is 29.1 Å². The lowest BCUT2D eigenvalue weighted by Crippen LogP contribution is -2.56. The van der Waals surface area contributed by atoms with Crippen LogP contribution in [0.25, 0.3) is 0 Å². The van der Waals surface area contributed by atoms with Crippen LogP contribution in [0.1, 0.15) is 78.1 Å². The third-order valence-corrected chi connectivity index (χ3v) is 7.87. The van der Waals surface area contributed by atoms with Crippen LogP contribution in [0, 0.1) is 29.1 Å². The van der Waals surface area contributed by atoms with Gasteiger partial charge in [-0.2, -0.15) is 0 Å². The van der Waals surface area contributed by atoms with Gasteiger partial charge in [0.1, 0.15) is 5.60 Å². The summed E-state index contributed by atoms with van der Waals surface area (Å²) in [6, 6.07) is 0. The Kier molecular flexibility index (Phi) is 3.27. The van der Waals surface area contributed by atoms with Crippen LogP contribution in [-0.4, -0.2) is 18.0 Å². The molecule has 2 unspecified atom stereocenters. The van der Waals surface area contributed by atoms with E-state index in [0.29, 0.717) is 11.3 Å². The summed E-state index contributed by atoms with van der Waals surface area (Å²) in [4.78, 5) is 11.7. The van der Waals surface area contributed by atoms with E-state index in [1.54, 1.807) is 0 Å². The van der Waals surface area contributed by atoms with E-state index in [0.717, 1.165) is 37.2 Å². The highest BCUT2D eigenvalue weighted by atomic mass is 17.2. The first-order chi connectivity index (χ1) is 11.0. The molecule has 0 aromatic heterocycles. The summed E-state index contributed by atoms with van der Waals surface area (Å²) in [5, 5.41) is 0. The van der Waals surface area contributed by atoms with Crippen LogP contribution >= 0.6 is 0 Å². The smallest absolute Gasteiger partial charge is 0.201 e. The van der Waals surface area contributed by atoms with Crippen LogP contribution in [0.3, 0.4) is 0 Å². The first kappa shape index (κ1) is 15.2. The zero-order valence-electron chi connectivity index (χ0n) is 14.8. The van der Waals surface area contributed by atoms with Gasteiger partial charge < -0.3 is 4.74 Å². The largest absolute Gasteiger partial charge is 0.347 e. The predicted molar refractivity (Wildman–Crippen MR) is 87.5 cm³/mol. The van der Waals surface area contributed by atoms with Crippen molar-refractivity contribution in [3.8, 4) is 0 Å². The molecule has 1 aliphatic heterocycles. The van der Waals surface area contributed by atoms with Crippen LogP contribution in [0.4, 0.5) is 0 Å². The van der Waals surface area contributed by atoms with Gasteiger partial charge in [0.05, 0.1) is 6.61 Å². The van der Waals surface area contributed by atoms with Gasteiger partial charge in [-0.15, -0.1) is 0 Å². The van der Waals surface area contributed by atoms with Crippen molar-refractivity contribution in [2.75, 3.05) is 6.61 Å². The van der Waals surface area contributed by atoms with Gasteiger partial charge in [-0.25, -0.2) is 9.78 Å². The zero-order chi connectivity index (χ0) is 15.7. The third kappa shape index (κ3) is 2.49. The molecule has 1 heterocycles. The second-order valence-electron chi connectivity index (χ2n) is 10.2. The summed E-state index contributed by atoms with van der Waals surface area (Å²) in [5.41, 5.74) is 0.306. The first-order valence-electron chi connectivity index (χ1n) is 9.97. The van der Waals surface area contributed by atoms with Crippen LogP contribution in [0.5, 0.6) is 0 Å². The molecule has 130 valence electrons. The average Bonchev–Trinajstić information content (AvgIpc) is 2.50. The normalized spacial score (nSPS) is 53.5. The van der Waals surface area contributed by atoms with Gasteiger partial charge in [0.15, 0.2) is 0 Å². The summed E-state index contributed by atoms with van der Waals surface area (Å²) in [5.74, 6) is 3.10. The predicted octanol–water partition coefficient (Wildman–Crippen LogP) is 4.85. The molecule has 0 spiro atoms. The zero-order valence-corrected chi connectivity index (χ0v) is 14.8. The Morgan fingerprint density at radius 3 is 2.22 bits per heavy atom. The minimum atomic E-state index is -0.443. The van der Waals surface area contributed by atoms with Crippen molar-refractivity contribution in [2.45, 2.75) is 89.4 Å². The van der Waals surface area contributed by atoms with Crippen molar-refractivity contribution in [3.63, 3.8) is 0 Å². The fourth-order valence-corrected chi connectivity index (χ4v) is 7.02. The van der Waals surface area contributed by atoms with E-state index in [4.69, 9.17) is 14.5 Å². The average molecular weight is 320 g/mol. The fraction of sp³-hybridized carbons (Fsp3) is 1.00. The first-order valence-corrected chi connectivity index (χ1v) is 9.97. The van der Waals surface area contributed by atoms with Crippen LogP contribution < -0.4 is 0 Å². The second-order valence-corrected chi connectivity index (χ2v) is 10.2. The van der Waals surface area contributed by atoms with E-state index >= 15 is 0 Å². The molecular formula is C20H32O3. The summed E-state index contributed by atoms with van der Waals surface area (Å²) < 4.78 is 6.57. The Bertz CT molecular complexity index is 450. The van der Waals surface area contributed by atoms with Crippen molar-refractivity contribution in [1.82, 2.24) is 0 Å². The molecule has 23 heavy (non-hydrogen) atoms. The summed E-state index contributed by atoms with van der Waals surface area (Å²) in [6.07, 6.45) is 13.2. The molecule has 6 fully saturated rings. The lowest BCUT2D eigenvalue weighted by atomic mass is 9.50. The Labute approximate surface area is 140 Å². The maximum Gasteiger partial charge on any atom is 0.201 e. The molecule has 3 heteroatoms. The number of hydrogen-bond acceptors (Lipinski definition) is 3.